The van der Waals surface area contributed by atoms with E-state index in [1.54, 1.807) is 24.4 Å². The van der Waals surface area contributed by atoms with E-state index in [0.29, 0.717) is 24.4 Å². The first-order valence-corrected chi connectivity index (χ1v) is 15.9. The van der Waals surface area contributed by atoms with Crippen molar-refractivity contribution in [3.63, 3.8) is 0 Å². The molecule has 6 N–H and O–H groups in total. The molecule has 1 aromatic carbocycles. The van der Waals surface area contributed by atoms with Gasteiger partial charge in [-0.15, -0.1) is 11.3 Å². The van der Waals surface area contributed by atoms with Crippen molar-refractivity contribution in [3.8, 4) is 5.75 Å². The Kier molecular flexibility index (Phi) is 11.5. The minimum atomic E-state index is -3.10. The number of nitrogens with zero attached hydrogens (tertiary/aromatic N) is 3. The molecular formula is C31H38F2N8O4S. The maximum atomic E-state index is 13.4. The Labute approximate surface area is 269 Å². The Morgan fingerprint density at radius 1 is 1.24 bits per heavy atom. The number of thiophene rings is 1. The quantitative estimate of drug-likeness (QED) is 0.173. The van der Waals surface area contributed by atoms with Crippen LogP contribution in [0.3, 0.4) is 0 Å². The number of hydrogen-bond donors (Lipinski definition) is 5. The molecule has 0 radical (unpaired) electrons. The van der Waals surface area contributed by atoms with Gasteiger partial charge in [0, 0.05) is 67.8 Å². The fraction of sp³-hybridized carbons (Fsp3) is 0.419. The average Bonchev–Trinajstić information content (AvgIpc) is 3.52. The fourth-order valence-corrected chi connectivity index (χ4v) is 6.42. The molecule has 246 valence electrons. The van der Waals surface area contributed by atoms with Crippen molar-refractivity contribution in [3.05, 3.63) is 64.7 Å². The Bertz CT molecular complexity index is 1530. The largest absolute Gasteiger partial charge is 0.434 e. The zero-order valence-electron chi connectivity index (χ0n) is 25.2. The first-order chi connectivity index (χ1) is 22.3. The third kappa shape index (κ3) is 8.54. The van der Waals surface area contributed by atoms with Gasteiger partial charge in [-0.1, -0.05) is 0 Å². The number of fused-ring (bicyclic) bond motifs is 1. The van der Waals surface area contributed by atoms with E-state index in [4.69, 9.17) is 20.6 Å². The highest BCUT2D eigenvalue weighted by atomic mass is 32.1. The van der Waals surface area contributed by atoms with Crippen LogP contribution in [0, 0.1) is 11.3 Å². The monoisotopic (exact) mass is 656 g/mol. The Morgan fingerprint density at radius 3 is 2.72 bits per heavy atom. The molecule has 3 aliphatic heterocycles. The van der Waals surface area contributed by atoms with Gasteiger partial charge in [0.1, 0.15) is 11.6 Å². The normalized spacial score (nSPS) is 19.6. The number of ether oxygens (including phenoxy) is 2. The second-order valence-electron chi connectivity index (χ2n) is 11.1. The van der Waals surface area contributed by atoms with Gasteiger partial charge in [0.2, 0.25) is 5.91 Å². The minimum Gasteiger partial charge on any atom is -0.434 e. The summed E-state index contributed by atoms with van der Waals surface area (Å²) < 4.78 is 37.9. The molecule has 0 spiro atoms. The van der Waals surface area contributed by atoms with E-state index < -0.39 is 18.6 Å². The molecule has 1 unspecified atom stereocenters. The predicted molar refractivity (Wildman–Crippen MR) is 173 cm³/mol. The molecule has 12 nitrogen and oxygen atoms in total. The van der Waals surface area contributed by atoms with E-state index >= 15 is 0 Å². The van der Waals surface area contributed by atoms with E-state index in [0.717, 1.165) is 56.6 Å². The van der Waals surface area contributed by atoms with E-state index in [-0.39, 0.29) is 40.9 Å². The number of carbonyl (C=O) groups is 2. The summed E-state index contributed by atoms with van der Waals surface area (Å²) >= 11 is 1.40. The number of rotatable bonds is 12. The first-order valence-electron chi connectivity index (χ1n) is 15.1. The molecule has 5 rings (SSSR count). The lowest BCUT2D eigenvalue weighted by atomic mass is 9.96. The molecule has 15 heteroatoms. The van der Waals surface area contributed by atoms with Crippen LogP contribution in [-0.4, -0.2) is 93.1 Å². The van der Waals surface area contributed by atoms with Crippen LogP contribution in [0.5, 0.6) is 5.75 Å². The highest BCUT2D eigenvalue weighted by molar-refractivity contribution is 7.17. The zero-order chi connectivity index (χ0) is 32.5. The van der Waals surface area contributed by atoms with Crippen molar-refractivity contribution in [2.24, 2.45) is 16.6 Å². The van der Waals surface area contributed by atoms with Crippen molar-refractivity contribution in [1.82, 2.24) is 25.8 Å². The molecule has 2 saturated heterocycles. The van der Waals surface area contributed by atoms with Crippen molar-refractivity contribution < 1.29 is 27.8 Å². The molecule has 1 atom stereocenters. The summed E-state index contributed by atoms with van der Waals surface area (Å²) in [6.07, 6.45) is 8.72. The number of hydrogen-bond acceptors (Lipinski definition) is 11. The molecule has 4 heterocycles. The Balaban J connectivity index is 1.31. The smallest absolute Gasteiger partial charge is 0.387 e. The van der Waals surface area contributed by atoms with Crippen molar-refractivity contribution in [1.29, 1.82) is 5.41 Å². The van der Waals surface area contributed by atoms with Crippen LogP contribution in [-0.2, 0) is 14.3 Å². The van der Waals surface area contributed by atoms with Crippen molar-refractivity contribution >= 4 is 45.7 Å². The number of amides is 2. The molecule has 2 aromatic rings. The van der Waals surface area contributed by atoms with Crippen LogP contribution in [0.25, 0.3) is 10.1 Å². The first kappa shape index (κ1) is 33.2. The number of nitrogens with two attached hydrogens (primary N) is 1. The summed E-state index contributed by atoms with van der Waals surface area (Å²) in [5.74, 6) is -0.299. The van der Waals surface area contributed by atoms with Gasteiger partial charge in [0.15, 0.2) is 0 Å². The lowest BCUT2D eigenvalue weighted by molar-refractivity contribution is -0.131. The Morgan fingerprint density at radius 2 is 2.02 bits per heavy atom. The SMILES string of the molecule is N=C/C(C(=O)N/C(=C/NCC(=O)N1CCC(CN2CCOCC2)CC1)C(N)c1cc2sccc2cc1OC(F)F)=C1/N=CC=CN1. The maximum absolute atomic E-state index is 13.4. The number of piperidine rings is 1. The highest BCUT2D eigenvalue weighted by Crippen LogP contribution is 2.35. The van der Waals surface area contributed by atoms with Gasteiger partial charge in [-0.05, 0) is 53.8 Å². The summed E-state index contributed by atoms with van der Waals surface area (Å²) in [4.78, 5) is 34.8. The number of alkyl halides is 2. The molecule has 0 bridgehead atoms. The van der Waals surface area contributed by atoms with E-state index in [1.165, 1.54) is 29.8 Å². The fourth-order valence-electron chi connectivity index (χ4n) is 5.60. The lowest BCUT2D eigenvalue weighted by Crippen LogP contribution is -2.46. The van der Waals surface area contributed by atoms with Crippen LogP contribution in [0.4, 0.5) is 8.78 Å². The van der Waals surface area contributed by atoms with Crippen LogP contribution in [0.15, 0.2) is 64.1 Å². The second kappa shape index (κ2) is 15.9. The molecule has 46 heavy (non-hydrogen) atoms. The number of morpholine rings is 1. The summed E-state index contributed by atoms with van der Waals surface area (Å²) in [7, 11) is 0. The summed E-state index contributed by atoms with van der Waals surface area (Å²) in [5, 5.41) is 18.8. The predicted octanol–water partition coefficient (Wildman–Crippen LogP) is 2.67. The van der Waals surface area contributed by atoms with Gasteiger partial charge >= 0.3 is 6.61 Å². The van der Waals surface area contributed by atoms with Crippen LogP contribution < -0.4 is 26.4 Å². The number of aliphatic imine (C=N–C) groups is 1. The standard InChI is InChI=1S/C31H38F2N8O4S/c32-31(33)45-25-14-21-4-13-46-26(21)15-22(25)28(35)24(39-30(43)23(16-34)29-37-5-1-6-38-29)17-36-18-27(42)41-7-2-20(3-8-41)19-40-9-11-44-12-10-40/h1,4-6,13-17,20,28,31,34,36-37H,2-3,7-12,18-19,35H2,(H,39,43)/b24-17+,29-23-,34-16?. The van der Waals surface area contributed by atoms with Gasteiger partial charge < -0.3 is 41.5 Å². The van der Waals surface area contributed by atoms with Gasteiger partial charge in [-0.25, -0.2) is 4.99 Å². The van der Waals surface area contributed by atoms with Gasteiger partial charge in [0.25, 0.3) is 5.91 Å². The summed E-state index contributed by atoms with van der Waals surface area (Å²) in [6, 6.07) is 3.74. The van der Waals surface area contributed by atoms with Gasteiger partial charge in [0.05, 0.1) is 37.1 Å². The van der Waals surface area contributed by atoms with Gasteiger partial charge in [-0.3, -0.25) is 14.5 Å². The van der Waals surface area contributed by atoms with Crippen LogP contribution >= 0.6 is 11.3 Å². The van der Waals surface area contributed by atoms with E-state index in [9.17, 15) is 18.4 Å². The van der Waals surface area contributed by atoms with Crippen LogP contribution in [0.2, 0.25) is 0 Å². The number of benzene rings is 1. The highest BCUT2D eigenvalue weighted by Gasteiger charge is 2.26. The summed E-state index contributed by atoms with van der Waals surface area (Å²) in [5.41, 5.74) is 6.81. The molecule has 2 amide bonds. The van der Waals surface area contributed by atoms with Gasteiger partial charge in [-0.2, -0.15) is 8.78 Å². The Hall–Kier alpha value is -4.18. The minimum absolute atomic E-state index is 0.0697. The number of allylic oxidation sites excluding steroid dienone is 1. The third-order valence-electron chi connectivity index (χ3n) is 8.08. The molecular weight excluding hydrogens is 618 g/mol. The molecule has 2 fully saturated rings. The number of likely N-dealkylation sites (tertiary alicyclic amines) is 1. The summed E-state index contributed by atoms with van der Waals surface area (Å²) in [6.45, 7) is 2.52. The number of nitrogens with one attached hydrogen (secondary N) is 4. The average molecular weight is 657 g/mol. The van der Waals surface area contributed by atoms with Crippen molar-refractivity contribution in [2.45, 2.75) is 25.5 Å². The topological polar surface area (TPSA) is 157 Å². The second-order valence-corrected chi connectivity index (χ2v) is 12.0. The van der Waals surface area contributed by atoms with Crippen molar-refractivity contribution in [2.75, 3.05) is 52.5 Å². The number of halogens is 2. The third-order valence-corrected chi connectivity index (χ3v) is 8.96. The zero-order valence-corrected chi connectivity index (χ0v) is 26.0. The molecule has 1 aromatic heterocycles. The van der Waals surface area contributed by atoms with E-state index in [2.05, 4.69) is 25.8 Å². The maximum Gasteiger partial charge on any atom is 0.387 e. The molecule has 3 aliphatic rings. The van der Waals surface area contributed by atoms with E-state index in [1.807, 2.05) is 10.3 Å². The van der Waals surface area contributed by atoms with Crippen LogP contribution in [0.1, 0.15) is 24.4 Å². The molecule has 0 saturated carbocycles. The molecule has 0 aliphatic carbocycles. The number of carbonyl (C=O) groups excluding carboxylic acids is 2. The lowest BCUT2D eigenvalue weighted by Gasteiger charge is -2.36.